The predicted molar refractivity (Wildman–Crippen MR) is 92.1 cm³/mol. The Morgan fingerprint density at radius 2 is 1.75 bits per heavy atom. The summed E-state index contributed by atoms with van der Waals surface area (Å²) >= 11 is 0. The second kappa shape index (κ2) is 8.18. The van der Waals surface area contributed by atoms with Crippen LogP contribution in [0.3, 0.4) is 0 Å². The number of nitrogens with zero attached hydrogens (tertiary/aromatic N) is 1. The Labute approximate surface area is 143 Å². The molecule has 0 aliphatic carbocycles. The van der Waals surface area contributed by atoms with Crippen LogP contribution >= 0.6 is 0 Å². The molecule has 1 amide bonds. The molecule has 5 nitrogen and oxygen atoms in total. The zero-order valence-electron chi connectivity index (χ0n) is 14.7. The normalized spacial score (nSPS) is 22.0. The minimum Gasteiger partial charge on any atom is -0.497 e. The Morgan fingerprint density at radius 1 is 1.17 bits per heavy atom. The van der Waals surface area contributed by atoms with Crippen LogP contribution in [0.4, 0.5) is 0 Å². The van der Waals surface area contributed by atoms with Gasteiger partial charge < -0.3 is 14.7 Å². The van der Waals surface area contributed by atoms with Gasteiger partial charge in [-0.25, -0.2) is 0 Å². The lowest BCUT2D eigenvalue weighted by Crippen LogP contribution is -2.43. The number of ether oxygens (including phenoxy) is 1. The maximum absolute atomic E-state index is 12.7. The van der Waals surface area contributed by atoms with Gasteiger partial charge in [0.25, 0.3) is 0 Å². The highest BCUT2D eigenvalue weighted by molar-refractivity contribution is 5.78. The van der Waals surface area contributed by atoms with Gasteiger partial charge in [0.05, 0.1) is 13.5 Å². The summed E-state index contributed by atoms with van der Waals surface area (Å²) in [5, 5.41) is 9.20. The molecule has 0 bridgehead atoms. The molecule has 1 aromatic carbocycles. The third-order valence-electron chi connectivity index (χ3n) is 4.65. The smallest absolute Gasteiger partial charge is 0.303 e. The average Bonchev–Trinajstić information content (AvgIpc) is 2.53. The molecule has 3 atom stereocenters. The zero-order chi connectivity index (χ0) is 17.7. The quantitative estimate of drug-likeness (QED) is 0.868. The van der Waals surface area contributed by atoms with Crippen molar-refractivity contribution >= 4 is 11.9 Å². The summed E-state index contributed by atoms with van der Waals surface area (Å²) in [6.07, 6.45) is 1.33. The van der Waals surface area contributed by atoms with Crippen LogP contribution in [0.15, 0.2) is 24.3 Å². The first-order valence-electron chi connectivity index (χ1n) is 8.52. The number of hydrogen-bond donors (Lipinski definition) is 1. The van der Waals surface area contributed by atoms with Crippen LogP contribution in [0.5, 0.6) is 5.75 Å². The Kier molecular flexibility index (Phi) is 6.23. The van der Waals surface area contributed by atoms with Gasteiger partial charge >= 0.3 is 5.97 Å². The van der Waals surface area contributed by atoms with Crippen LogP contribution in [-0.2, 0) is 9.59 Å². The maximum atomic E-state index is 12.7. The van der Waals surface area contributed by atoms with Gasteiger partial charge in [-0.15, -0.1) is 0 Å². The van der Waals surface area contributed by atoms with Gasteiger partial charge in [0.15, 0.2) is 0 Å². The number of carboxylic acid groups (broad SMARTS) is 1. The molecule has 132 valence electrons. The van der Waals surface area contributed by atoms with E-state index in [0.29, 0.717) is 11.8 Å². The van der Waals surface area contributed by atoms with Crippen molar-refractivity contribution in [2.75, 3.05) is 20.2 Å². The van der Waals surface area contributed by atoms with Gasteiger partial charge in [-0.3, -0.25) is 9.59 Å². The minimum absolute atomic E-state index is 0.0446. The number of piperidine rings is 1. The Morgan fingerprint density at radius 3 is 2.25 bits per heavy atom. The molecule has 1 saturated heterocycles. The van der Waals surface area contributed by atoms with Gasteiger partial charge in [-0.2, -0.15) is 0 Å². The van der Waals surface area contributed by atoms with E-state index in [2.05, 4.69) is 13.8 Å². The number of carbonyl (C=O) groups is 2. The summed E-state index contributed by atoms with van der Waals surface area (Å²) < 4.78 is 5.14. The second-order valence-electron chi connectivity index (χ2n) is 7.02. The lowest BCUT2D eigenvalue weighted by molar-refractivity contribution is -0.138. The molecule has 24 heavy (non-hydrogen) atoms. The molecule has 1 fully saturated rings. The monoisotopic (exact) mass is 333 g/mol. The first kappa shape index (κ1) is 18.3. The van der Waals surface area contributed by atoms with Crippen molar-refractivity contribution in [3.8, 4) is 5.75 Å². The molecular weight excluding hydrogens is 306 g/mol. The van der Waals surface area contributed by atoms with Crippen molar-refractivity contribution in [2.24, 2.45) is 11.8 Å². The third-order valence-corrected chi connectivity index (χ3v) is 4.65. The fourth-order valence-electron chi connectivity index (χ4n) is 3.60. The van der Waals surface area contributed by atoms with Gasteiger partial charge in [-0.1, -0.05) is 26.0 Å². The number of hydrogen-bond acceptors (Lipinski definition) is 3. The molecule has 1 aliphatic rings. The molecule has 1 N–H and O–H groups in total. The van der Waals surface area contributed by atoms with Gasteiger partial charge in [0, 0.05) is 25.4 Å². The zero-order valence-corrected chi connectivity index (χ0v) is 14.7. The molecule has 1 aromatic rings. The van der Waals surface area contributed by atoms with E-state index >= 15 is 0 Å². The Bertz CT molecular complexity index is 559. The van der Waals surface area contributed by atoms with Gasteiger partial charge in [0.1, 0.15) is 5.75 Å². The topological polar surface area (TPSA) is 66.8 Å². The van der Waals surface area contributed by atoms with Crippen molar-refractivity contribution in [1.29, 1.82) is 0 Å². The number of likely N-dealkylation sites (tertiary alicyclic amines) is 1. The number of benzene rings is 1. The van der Waals surface area contributed by atoms with E-state index in [-0.39, 0.29) is 24.7 Å². The molecule has 0 aromatic heterocycles. The highest BCUT2D eigenvalue weighted by Gasteiger charge is 2.28. The molecule has 0 saturated carbocycles. The molecule has 2 rings (SSSR count). The van der Waals surface area contributed by atoms with Crippen LogP contribution in [0.2, 0.25) is 0 Å². The number of rotatable bonds is 6. The summed E-state index contributed by atoms with van der Waals surface area (Å²) in [4.78, 5) is 25.8. The van der Waals surface area contributed by atoms with Crippen LogP contribution < -0.4 is 4.74 Å². The SMILES string of the molecule is COc1ccc([C@H](CC(=O)O)CC(=O)N2C[C@@H](C)C[C@H](C)C2)cc1. The van der Waals surface area contributed by atoms with E-state index in [0.717, 1.165) is 30.8 Å². The highest BCUT2D eigenvalue weighted by atomic mass is 16.5. The molecule has 5 heteroatoms. The van der Waals surface area contributed by atoms with Crippen LogP contribution in [0, 0.1) is 11.8 Å². The standard InChI is InChI=1S/C19H27NO4/c1-13-8-14(2)12-20(11-13)18(21)9-16(10-19(22)23)15-4-6-17(24-3)7-5-15/h4-7,13-14,16H,8-12H2,1-3H3,(H,22,23)/t13-,14-,16-/m0/s1. The number of amides is 1. The summed E-state index contributed by atoms with van der Waals surface area (Å²) in [7, 11) is 1.59. The van der Waals surface area contributed by atoms with E-state index in [4.69, 9.17) is 4.74 Å². The van der Waals surface area contributed by atoms with Crippen molar-refractivity contribution in [1.82, 2.24) is 4.90 Å². The first-order chi connectivity index (χ1) is 11.4. The van der Waals surface area contributed by atoms with Crippen molar-refractivity contribution in [2.45, 2.75) is 39.0 Å². The summed E-state index contributed by atoms with van der Waals surface area (Å²) in [5.74, 6) is 0.568. The third kappa shape index (κ3) is 4.98. The molecule has 1 aliphatic heterocycles. The maximum Gasteiger partial charge on any atom is 0.303 e. The van der Waals surface area contributed by atoms with Crippen LogP contribution in [0.25, 0.3) is 0 Å². The number of carbonyl (C=O) groups excluding carboxylic acids is 1. The van der Waals surface area contributed by atoms with Gasteiger partial charge in [0.2, 0.25) is 5.91 Å². The Balaban J connectivity index is 2.09. The summed E-state index contributed by atoms with van der Waals surface area (Å²) in [6.45, 7) is 5.86. The molecule has 0 unspecified atom stereocenters. The molecule has 1 heterocycles. The predicted octanol–water partition coefficient (Wildman–Crippen LogP) is 3.15. The minimum atomic E-state index is -0.885. The van der Waals surface area contributed by atoms with Gasteiger partial charge in [-0.05, 0) is 36.0 Å². The second-order valence-corrected chi connectivity index (χ2v) is 7.02. The number of aliphatic carboxylic acids is 1. The first-order valence-corrected chi connectivity index (χ1v) is 8.52. The van der Waals surface area contributed by atoms with E-state index in [1.807, 2.05) is 17.0 Å². The van der Waals surface area contributed by atoms with Crippen molar-refractivity contribution in [3.05, 3.63) is 29.8 Å². The van der Waals surface area contributed by atoms with E-state index in [1.54, 1.807) is 19.2 Å². The van der Waals surface area contributed by atoms with Crippen LogP contribution in [0.1, 0.15) is 44.6 Å². The lowest BCUT2D eigenvalue weighted by Gasteiger charge is -2.35. The largest absolute Gasteiger partial charge is 0.497 e. The van der Waals surface area contributed by atoms with Crippen molar-refractivity contribution < 1.29 is 19.4 Å². The van der Waals surface area contributed by atoms with Crippen LogP contribution in [-0.4, -0.2) is 42.1 Å². The van der Waals surface area contributed by atoms with E-state index < -0.39 is 5.97 Å². The molecule has 0 spiro atoms. The summed E-state index contributed by atoms with van der Waals surface area (Å²) in [5.41, 5.74) is 0.865. The summed E-state index contributed by atoms with van der Waals surface area (Å²) in [6, 6.07) is 7.31. The fourth-order valence-corrected chi connectivity index (χ4v) is 3.60. The average molecular weight is 333 g/mol. The van der Waals surface area contributed by atoms with E-state index in [9.17, 15) is 14.7 Å². The number of methoxy groups -OCH3 is 1. The Hall–Kier alpha value is -2.04. The molecular formula is C19H27NO4. The lowest BCUT2D eigenvalue weighted by atomic mass is 9.89. The highest BCUT2D eigenvalue weighted by Crippen LogP contribution is 2.28. The van der Waals surface area contributed by atoms with Crippen molar-refractivity contribution in [3.63, 3.8) is 0 Å². The fraction of sp³-hybridized carbons (Fsp3) is 0.579. The van der Waals surface area contributed by atoms with E-state index in [1.165, 1.54) is 0 Å². The molecule has 0 radical (unpaired) electrons. The number of carboxylic acids is 1.